The number of anilines is 1. The quantitative estimate of drug-likeness (QED) is 0.780. The summed E-state index contributed by atoms with van der Waals surface area (Å²) in [6.45, 7) is 0.101. The number of urea groups is 1. The van der Waals surface area contributed by atoms with E-state index in [1.165, 1.54) is 17.6 Å². The normalized spacial score (nSPS) is 12.1. The number of aliphatic hydroxyl groups excluding tert-OH is 1. The van der Waals surface area contributed by atoms with Crippen molar-refractivity contribution in [2.75, 3.05) is 11.9 Å². The first-order valence-electron chi connectivity index (χ1n) is 5.04. The SMILES string of the molecule is O=C(NCC(O)c1ccco1)Nc1ccsc1. The molecule has 0 radical (unpaired) electrons. The second-order valence-electron chi connectivity index (χ2n) is 3.38. The summed E-state index contributed by atoms with van der Waals surface area (Å²) >= 11 is 1.50. The van der Waals surface area contributed by atoms with Crippen LogP contribution in [-0.4, -0.2) is 17.7 Å². The van der Waals surface area contributed by atoms with Gasteiger partial charge in [-0.25, -0.2) is 4.79 Å². The zero-order valence-corrected chi connectivity index (χ0v) is 9.74. The van der Waals surface area contributed by atoms with E-state index in [0.717, 1.165) is 5.69 Å². The molecule has 3 N–H and O–H groups in total. The van der Waals surface area contributed by atoms with Crippen molar-refractivity contribution in [2.24, 2.45) is 0 Å². The molecule has 0 aliphatic rings. The van der Waals surface area contributed by atoms with Gasteiger partial charge in [-0.3, -0.25) is 0 Å². The highest BCUT2D eigenvalue weighted by Gasteiger charge is 2.11. The molecule has 1 atom stereocenters. The Labute approximate surface area is 102 Å². The molecule has 5 nitrogen and oxygen atoms in total. The van der Waals surface area contributed by atoms with Gasteiger partial charge in [0.1, 0.15) is 11.9 Å². The number of hydrogen-bond acceptors (Lipinski definition) is 4. The van der Waals surface area contributed by atoms with Gasteiger partial charge in [-0.1, -0.05) is 0 Å². The molecule has 0 aromatic carbocycles. The number of hydrogen-bond donors (Lipinski definition) is 3. The van der Waals surface area contributed by atoms with Gasteiger partial charge in [0.2, 0.25) is 0 Å². The first-order valence-corrected chi connectivity index (χ1v) is 5.98. The second kappa shape index (κ2) is 5.51. The van der Waals surface area contributed by atoms with Crippen LogP contribution in [0.25, 0.3) is 0 Å². The van der Waals surface area contributed by atoms with Crippen molar-refractivity contribution in [3.63, 3.8) is 0 Å². The van der Waals surface area contributed by atoms with Gasteiger partial charge in [-0.05, 0) is 23.6 Å². The minimum absolute atomic E-state index is 0.101. The topological polar surface area (TPSA) is 74.5 Å². The molecule has 0 bridgehead atoms. The van der Waals surface area contributed by atoms with E-state index in [-0.39, 0.29) is 12.6 Å². The third-order valence-electron chi connectivity index (χ3n) is 2.11. The van der Waals surface area contributed by atoms with Crippen molar-refractivity contribution in [2.45, 2.75) is 6.10 Å². The first-order chi connectivity index (χ1) is 8.25. The number of nitrogens with one attached hydrogen (secondary N) is 2. The molecule has 2 heterocycles. The Kier molecular flexibility index (Phi) is 3.79. The standard InChI is InChI=1S/C11H12N2O3S/c14-9(10-2-1-4-16-10)6-12-11(15)13-8-3-5-17-7-8/h1-5,7,9,14H,6H2,(H2,12,13,15). The molecule has 0 fully saturated rings. The van der Waals surface area contributed by atoms with Crippen LogP contribution in [0.4, 0.5) is 10.5 Å². The molecule has 2 aromatic rings. The number of carbonyl (C=O) groups is 1. The molecular weight excluding hydrogens is 240 g/mol. The zero-order valence-electron chi connectivity index (χ0n) is 8.92. The van der Waals surface area contributed by atoms with Crippen molar-refractivity contribution >= 4 is 23.1 Å². The fourth-order valence-corrected chi connectivity index (χ4v) is 1.87. The van der Waals surface area contributed by atoms with E-state index >= 15 is 0 Å². The van der Waals surface area contributed by atoms with Crippen molar-refractivity contribution in [1.82, 2.24) is 5.32 Å². The summed E-state index contributed by atoms with van der Waals surface area (Å²) in [4.78, 5) is 11.4. The lowest BCUT2D eigenvalue weighted by atomic mass is 10.3. The maximum absolute atomic E-state index is 11.4. The van der Waals surface area contributed by atoms with Crippen LogP contribution >= 0.6 is 11.3 Å². The summed E-state index contributed by atoms with van der Waals surface area (Å²) in [5.74, 6) is 0.431. The van der Waals surface area contributed by atoms with Crippen molar-refractivity contribution in [3.05, 3.63) is 41.0 Å². The highest BCUT2D eigenvalue weighted by atomic mass is 32.1. The molecule has 0 saturated heterocycles. The smallest absolute Gasteiger partial charge is 0.319 e. The van der Waals surface area contributed by atoms with Gasteiger partial charge in [-0.2, -0.15) is 11.3 Å². The molecule has 0 aliphatic heterocycles. The van der Waals surface area contributed by atoms with Crippen LogP contribution in [0.5, 0.6) is 0 Å². The Morgan fingerprint density at radius 2 is 2.41 bits per heavy atom. The second-order valence-corrected chi connectivity index (χ2v) is 4.16. The average molecular weight is 252 g/mol. The van der Waals surface area contributed by atoms with Gasteiger partial charge in [0.15, 0.2) is 0 Å². The monoisotopic (exact) mass is 252 g/mol. The first kappa shape index (κ1) is 11.7. The average Bonchev–Trinajstić information content (AvgIpc) is 2.97. The molecule has 90 valence electrons. The van der Waals surface area contributed by atoms with E-state index in [1.54, 1.807) is 18.2 Å². The summed E-state index contributed by atoms with van der Waals surface area (Å²) in [5, 5.41) is 18.5. The Balaban J connectivity index is 1.76. The minimum atomic E-state index is -0.835. The van der Waals surface area contributed by atoms with E-state index < -0.39 is 6.10 Å². The molecule has 0 aliphatic carbocycles. The predicted octanol–water partition coefficient (Wildman–Crippen LogP) is 2.20. The van der Waals surface area contributed by atoms with Gasteiger partial charge in [0.25, 0.3) is 0 Å². The van der Waals surface area contributed by atoms with Crippen LogP contribution < -0.4 is 10.6 Å². The Bertz CT molecular complexity index is 453. The number of rotatable bonds is 4. The van der Waals surface area contributed by atoms with E-state index in [2.05, 4.69) is 10.6 Å². The van der Waals surface area contributed by atoms with Crippen LogP contribution in [0.2, 0.25) is 0 Å². The van der Waals surface area contributed by atoms with E-state index in [1.807, 2.05) is 10.8 Å². The Morgan fingerprint density at radius 1 is 1.53 bits per heavy atom. The highest BCUT2D eigenvalue weighted by Crippen LogP contribution is 2.13. The summed E-state index contributed by atoms with van der Waals surface area (Å²) < 4.78 is 5.01. The Morgan fingerprint density at radius 3 is 3.06 bits per heavy atom. The molecule has 17 heavy (non-hydrogen) atoms. The number of furan rings is 1. The minimum Gasteiger partial charge on any atom is -0.467 e. The number of aliphatic hydroxyl groups is 1. The van der Waals surface area contributed by atoms with E-state index in [4.69, 9.17) is 4.42 Å². The lowest BCUT2D eigenvalue weighted by Crippen LogP contribution is -2.32. The van der Waals surface area contributed by atoms with Crippen molar-refractivity contribution in [3.8, 4) is 0 Å². The summed E-state index contributed by atoms with van der Waals surface area (Å²) in [6, 6.07) is 4.79. The van der Waals surface area contributed by atoms with Crippen LogP contribution in [-0.2, 0) is 0 Å². The zero-order chi connectivity index (χ0) is 12.1. The molecule has 0 saturated carbocycles. The molecule has 2 aromatic heterocycles. The van der Waals surface area contributed by atoms with E-state index in [9.17, 15) is 9.90 Å². The van der Waals surface area contributed by atoms with Gasteiger partial charge in [0.05, 0.1) is 18.5 Å². The fourth-order valence-electron chi connectivity index (χ4n) is 1.28. The molecule has 2 rings (SSSR count). The molecular formula is C11H12N2O3S. The van der Waals surface area contributed by atoms with Crippen molar-refractivity contribution in [1.29, 1.82) is 0 Å². The molecule has 6 heteroatoms. The van der Waals surface area contributed by atoms with Crippen LogP contribution in [0, 0.1) is 0 Å². The maximum atomic E-state index is 11.4. The van der Waals surface area contributed by atoms with E-state index in [0.29, 0.717) is 5.76 Å². The molecule has 1 unspecified atom stereocenters. The number of carbonyl (C=O) groups excluding carboxylic acids is 1. The van der Waals surface area contributed by atoms with Crippen LogP contribution in [0.3, 0.4) is 0 Å². The summed E-state index contributed by atoms with van der Waals surface area (Å²) in [7, 11) is 0. The lowest BCUT2D eigenvalue weighted by molar-refractivity contribution is 0.149. The largest absolute Gasteiger partial charge is 0.467 e. The number of thiophene rings is 1. The van der Waals surface area contributed by atoms with Gasteiger partial charge in [0, 0.05) is 5.38 Å². The maximum Gasteiger partial charge on any atom is 0.319 e. The Hall–Kier alpha value is -1.79. The lowest BCUT2D eigenvalue weighted by Gasteiger charge is -2.09. The third kappa shape index (κ3) is 3.33. The molecule has 0 spiro atoms. The summed E-state index contributed by atoms with van der Waals surface area (Å²) in [6.07, 6.45) is 0.641. The predicted molar refractivity (Wildman–Crippen MR) is 65.0 cm³/mol. The van der Waals surface area contributed by atoms with Crippen molar-refractivity contribution < 1.29 is 14.3 Å². The van der Waals surface area contributed by atoms with Gasteiger partial charge in [-0.15, -0.1) is 0 Å². The third-order valence-corrected chi connectivity index (χ3v) is 2.79. The number of amides is 2. The summed E-state index contributed by atoms with van der Waals surface area (Å²) in [5.41, 5.74) is 0.736. The molecule has 2 amide bonds. The van der Waals surface area contributed by atoms with Crippen LogP contribution in [0.15, 0.2) is 39.6 Å². The highest BCUT2D eigenvalue weighted by molar-refractivity contribution is 7.08. The van der Waals surface area contributed by atoms with Crippen LogP contribution in [0.1, 0.15) is 11.9 Å². The van der Waals surface area contributed by atoms with Gasteiger partial charge >= 0.3 is 6.03 Å². The van der Waals surface area contributed by atoms with Gasteiger partial charge < -0.3 is 20.2 Å². The fraction of sp³-hybridized carbons (Fsp3) is 0.182.